The zero-order chi connectivity index (χ0) is 14.4. The van der Waals surface area contributed by atoms with Gasteiger partial charge in [0.2, 0.25) is 11.8 Å². The second-order valence-electron chi connectivity index (χ2n) is 5.11. The largest absolute Gasteiger partial charge is 0.395 e. The molecule has 7 heteroatoms. The molecule has 1 atom stereocenters. The number of hydrazine groups is 1. The van der Waals surface area contributed by atoms with E-state index in [9.17, 15) is 9.59 Å². The Hall–Kier alpha value is -1.18. The normalized spacial score (nSPS) is 18.5. The molecule has 0 radical (unpaired) electrons. The molecule has 0 aromatic heterocycles. The van der Waals surface area contributed by atoms with E-state index < -0.39 is 0 Å². The molecule has 0 saturated carbocycles. The van der Waals surface area contributed by atoms with Crippen LogP contribution in [-0.4, -0.2) is 66.1 Å². The number of aliphatic hydroxyl groups excluding tert-OH is 1. The Morgan fingerprint density at radius 3 is 2.53 bits per heavy atom. The fraction of sp³-hybridized carbons (Fsp3) is 0.833. The zero-order valence-corrected chi connectivity index (χ0v) is 11.6. The van der Waals surface area contributed by atoms with Gasteiger partial charge in [-0.25, -0.2) is 5.84 Å². The first-order chi connectivity index (χ1) is 8.99. The molecule has 4 N–H and O–H groups in total. The summed E-state index contributed by atoms with van der Waals surface area (Å²) in [7, 11) is 1.81. The van der Waals surface area contributed by atoms with Crippen LogP contribution in [0.3, 0.4) is 0 Å². The van der Waals surface area contributed by atoms with Gasteiger partial charge in [-0.1, -0.05) is 0 Å². The highest BCUT2D eigenvalue weighted by Crippen LogP contribution is 2.17. The fourth-order valence-corrected chi connectivity index (χ4v) is 2.12. The summed E-state index contributed by atoms with van der Waals surface area (Å²) in [5.74, 6) is 4.89. The maximum atomic E-state index is 12.1. The number of carbonyl (C=O) groups is 2. The summed E-state index contributed by atoms with van der Waals surface area (Å²) in [4.78, 5) is 27.0. The maximum absolute atomic E-state index is 12.1. The smallest absolute Gasteiger partial charge is 0.237 e. The molecule has 1 heterocycles. The first kappa shape index (κ1) is 15.9. The molecule has 1 rings (SSSR count). The molecule has 1 fully saturated rings. The number of rotatable bonds is 5. The van der Waals surface area contributed by atoms with Crippen molar-refractivity contribution in [2.24, 2.45) is 11.8 Å². The molecule has 0 bridgehead atoms. The summed E-state index contributed by atoms with van der Waals surface area (Å²) in [6.07, 6.45) is 1.29. The average molecular weight is 272 g/mol. The molecular weight excluding hydrogens is 248 g/mol. The van der Waals surface area contributed by atoms with Crippen molar-refractivity contribution < 1.29 is 14.7 Å². The highest BCUT2D eigenvalue weighted by Gasteiger charge is 2.27. The van der Waals surface area contributed by atoms with Gasteiger partial charge in [-0.2, -0.15) is 0 Å². The van der Waals surface area contributed by atoms with E-state index >= 15 is 0 Å². The number of likely N-dealkylation sites (N-methyl/N-ethyl adjacent to an activating group) is 1. The molecular formula is C12H24N4O3. The van der Waals surface area contributed by atoms with Crippen molar-refractivity contribution in [2.75, 3.05) is 33.3 Å². The Labute approximate surface area is 113 Å². The van der Waals surface area contributed by atoms with E-state index in [0.717, 1.165) is 0 Å². The number of piperidine rings is 1. The van der Waals surface area contributed by atoms with Gasteiger partial charge in [0.1, 0.15) is 0 Å². The summed E-state index contributed by atoms with van der Waals surface area (Å²) in [6.45, 7) is 3.35. The van der Waals surface area contributed by atoms with Crippen LogP contribution in [0.4, 0.5) is 0 Å². The van der Waals surface area contributed by atoms with E-state index in [-0.39, 0.29) is 36.9 Å². The van der Waals surface area contributed by atoms with Crippen molar-refractivity contribution in [3.05, 3.63) is 0 Å². The SMILES string of the molecule is CC(CO)N(C)CC(=O)N1CCC(C(=O)NN)CC1. The van der Waals surface area contributed by atoms with Crippen LogP contribution in [0, 0.1) is 5.92 Å². The minimum atomic E-state index is -0.155. The summed E-state index contributed by atoms with van der Waals surface area (Å²) in [5.41, 5.74) is 2.16. The highest BCUT2D eigenvalue weighted by atomic mass is 16.3. The number of likely N-dealkylation sites (tertiary alicyclic amines) is 1. The van der Waals surface area contributed by atoms with Crippen molar-refractivity contribution in [1.29, 1.82) is 0 Å². The molecule has 19 heavy (non-hydrogen) atoms. The zero-order valence-electron chi connectivity index (χ0n) is 11.6. The second kappa shape index (κ2) is 7.42. The van der Waals surface area contributed by atoms with Crippen LogP contribution in [0.2, 0.25) is 0 Å². The molecule has 1 aliphatic heterocycles. The van der Waals surface area contributed by atoms with Gasteiger partial charge in [-0.05, 0) is 26.8 Å². The molecule has 0 spiro atoms. The standard InChI is InChI=1S/C12H24N4O3/c1-9(8-17)15(2)7-11(18)16-5-3-10(4-6-16)12(19)14-13/h9-10,17H,3-8,13H2,1-2H3,(H,14,19). The number of nitrogens with one attached hydrogen (secondary N) is 1. The van der Waals surface area contributed by atoms with E-state index in [0.29, 0.717) is 25.9 Å². The number of aliphatic hydroxyl groups is 1. The monoisotopic (exact) mass is 272 g/mol. The van der Waals surface area contributed by atoms with Crippen LogP contribution in [0.5, 0.6) is 0 Å². The summed E-state index contributed by atoms with van der Waals surface area (Å²) < 4.78 is 0. The molecule has 0 aromatic carbocycles. The Kier molecular flexibility index (Phi) is 6.20. The van der Waals surface area contributed by atoms with Crippen molar-refractivity contribution >= 4 is 11.8 Å². The van der Waals surface area contributed by atoms with Crippen LogP contribution in [0.25, 0.3) is 0 Å². The van der Waals surface area contributed by atoms with E-state index in [4.69, 9.17) is 10.9 Å². The first-order valence-electron chi connectivity index (χ1n) is 6.59. The molecule has 2 amide bonds. The molecule has 1 unspecified atom stereocenters. The van der Waals surface area contributed by atoms with Gasteiger partial charge in [0.15, 0.2) is 0 Å². The van der Waals surface area contributed by atoms with Gasteiger partial charge < -0.3 is 10.0 Å². The first-order valence-corrected chi connectivity index (χ1v) is 6.59. The molecule has 0 aliphatic carbocycles. The Bertz CT molecular complexity index is 316. The molecule has 1 saturated heterocycles. The summed E-state index contributed by atoms with van der Waals surface area (Å²) in [5, 5.41) is 9.03. The average Bonchev–Trinajstić information content (AvgIpc) is 2.45. The van der Waals surface area contributed by atoms with E-state index in [1.54, 1.807) is 4.90 Å². The van der Waals surface area contributed by atoms with Crippen LogP contribution < -0.4 is 11.3 Å². The summed E-state index contributed by atoms with van der Waals surface area (Å²) in [6, 6.07) is -0.0375. The van der Waals surface area contributed by atoms with Crippen molar-refractivity contribution in [3.8, 4) is 0 Å². The number of nitrogens with zero attached hydrogens (tertiary/aromatic N) is 2. The third-order valence-electron chi connectivity index (χ3n) is 3.76. The third-order valence-corrected chi connectivity index (χ3v) is 3.76. The lowest BCUT2D eigenvalue weighted by Gasteiger charge is -2.33. The van der Waals surface area contributed by atoms with Crippen molar-refractivity contribution in [1.82, 2.24) is 15.2 Å². The number of amides is 2. The highest BCUT2D eigenvalue weighted by molar-refractivity contribution is 5.80. The predicted octanol–water partition coefficient (Wildman–Crippen LogP) is -1.47. The van der Waals surface area contributed by atoms with Gasteiger partial charge in [-0.15, -0.1) is 0 Å². The second-order valence-corrected chi connectivity index (χ2v) is 5.11. The van der Waals surface area contributed by atoms with E-state index in [2.05, 4.69) is 5.43 Å². The molecule has 110 valence electrons. The van der Waals surface area contributed by atoms with Gasteiger partial charge in [0, 0.05) is 25.0 Å². The minimum absolute atomic E-state index is 0.0303. The topological polar surface area (TPSA) is 98.9 Å². The number of nitrogens with two attached hydrogens (primary N) is 1. The van der Waals surface area contributed by atoms with Gasteiger partial charge in [0.05, 0.1) is 13.2 Å². The van der Waals surface area contributed by atoms with Crippen molar-refractivity contribution in [3.63, 3.8) is 0 Å². The van der Waals surface area contributed by atoms with Gasteiger partial charge in [-0.3, -0.25) is 19.9 Å². The lowest BCUT2D eigenvalue weighted by molar-refractivity contribution is -0.136. The van der Waals surface area contributed by atoms with E-state index in [1.807, 2.05) is 18.9 Å². The summed E-state index contributed by atoms with van der Waals surface area (Å²) >= 11 is 0. The third kappa shape index (κ3) is 4.45. The maximum Gasteiger partial charge on any atom is 0.237 e. The van der Waals surface area contributed by atoms with Crippen LogP contribution in [0.1, 0.15) is 19.8 Å². The molecule has 7 nitrogen and oxygen atoms in total. The predicted molar refractivity (Wildman–Crippen MR) is 70.8 cm³/mol. The molecule has 1 aliphatic rings. The Morgan fingerprint density at radius 2 is 2.05 bits per heavy atom. The van der Waals surface area contributed by atoms with Crippen LogP contribution in [0.15, 0.2) is 0 Å². The fourth-order valence-electron chi connectivity index (χ4n) is 2.12. The Morgan fingerprint density at radius 1 is 1.47 bits per heavy atom. The van der Waals surface area contributed by atoms with Crippen LogP contribution in [-0.2, 0) is 9.59 Å². The minimum Gasteiger partial charge on any atom is -0.395 e. The Balaban J connectivity index is 2.38. The van der Waals surface area contributed by atoms with Crippen molar-refractivity contribution in [2.45, 2.75) is 25.8 Å². The lowest BCUT2D eigenvalue weighted by atomic mass is 9.96. The molecule has 0 aromatic rings. The number of hydrogen-bond acceptors (Lipinski definition) is 5. The van der Waals surface area contributed by atoms with E-state index in [1.165, 1.54) is 0 Å². The van der Waals surface area contributed by atoms with Crippen LogP contribution >= 0.6 is 0 Å². The lowest BCUT2D eigenvalue weighted by Crippen LogP contribution is -2.48. The number of hydrogen-bond donors (Lipinski definition) is 3. The number of carbonyl (C=O) groups excluding carboxylic acids is 2. The quantitative estimate of drug-likeness (QED) is 0.322. The van der Waals surface area contributed by atoms with Gasteiger partial charge >= 0.3 is 0 Å². The van der Waals surface area contributed by atoms with Gasteiger partial charge in [0.25, 0.3) is 0 Å².